The highest BCUT2D eigenvalue weighted by Gasteiger charge is 2.39. The second kappa shape index (κ2) is 15.8. The van der Waals surface area contributed by atoms with Crippen LogP contribution in [0.3, 0.4) is 0 Å². The molecule has 0 saturated carbocycles. The third-order valence-corrected chi connectivity index (χ3v) is 8.88. The molecule has 4 rings (SSSR count). The molecule has 1 unspecified atom stereocenters. The molecule has 12 nitrogen and oxygen atoms in total. The highest BCUT2D eigenvalue weighted by molar-refractivity contribution is 8.00. The van der Waals surface area contributed by atoms with Crippen molar-refractivity contribution in [1.29, 1.82) is 10.5 Å². The Balaban J connectivity index is 0.000000738. The number of nitrogens with two attached hydrogens (primary N) is 2. The first-order chi connectivity index (χ1) is 21.7. The number of carbonyl (C=O) groups excluding carboxylic acids is 2. The van der Waals surface area contributed by atoms with Crippen LogP contribution in [0.1, 0.15) is 60.1 Å². The standard InChI is InChI=1S/C28H33N7O3S.C2HF3O2/c1-2-20-21(16-29)25(34-26(22(20)17-30)39-23(24(31)36)18-6-4-3-5-7-18)35-12-8-19(9-13-35)33-27(37)28(32)10-14-38-15-11-28;3-2(4,5)1(6)7/h3-7,19,23H,2,8-15,32H2,1H3,(H2,31,36)(H,33,37);(H,6,7). The number of aromatic nitrogens is 1. The molecule has 2 aromatic rings. The Kier molecular flexibility index (Phi) is 12.4. The largest absolute Gasteiger partial charge is 0.490 e. The van der Waals surface area contributed by atoms with Gasteiger partial charge in [-0.2, -0.15) is 23.7 Å². The molecule has 46 heavy (non-hydrogen) atoms. The summed E-state index contributed by atoms with van der Waals surface area (Å²) in [7, 11) is 0. The van der Waals surface area contributed by atoms with Crippen molar-refractivity contribution in [2.75, 3.05) is 31.2 Å². The number of thioether (sulfide) groups is 1. The Morgan fingerprint density at radius 2 is 1.72 bits per heavy atom. The van der Waals surface area contributed by atoms with E-state index in [2.05, 4.69) is 17.5 Å². The number of alkyl halides is 3. The summed E-state index contributed by atoms with van der Waals surface area (Å²) in [5.41, 5.74) is 13.1. The van der Waals surface area contributed by atoms with Crippen LogP contribution in [0.2, 0.25) is 0 Å². The molecule has 0 aliphatic carbocycles. The number of amides is 2. The second-order valence-corrected chi connectivity index (χ2v) is 11.8. The van der Waals surface area contributed by atoms with Gasteiger partial charge in [0.15, 0.2) is 0 Å². The number of piperidine rings is 1. The number of nitrogens with one attached hydrogen (secondary N) is 1. The van der Waals surface area contributed by atoms with Gasteiger partial charge in [-0.1, -0.05) is 49.0 Å². The van der Waals surface area contributed by atoms with Crippen LogP contribution < -0.4 is 21.7 Å². The van der Waals surface area contributed by atoms with Gasteiger partial charge in [0, 0.05) is 32.3 Å². The minimum Gasteiger partial charge on any atom is -0.475 e. The van der Waals surface area contributed by atoms with Crippen LogP contribution >= 0.6 is 11.8 Å². The second-order valence-electron chi connectivity index (χ2n) is 10.7. The van der Waals surface area contributed by atoms with E-state index in [9.17, 15) is 33.3 Å². The molecule has 6 N–H and O–H groups in total. The van der Waals surface area contributed by atoms with Crippen LogP contribution in [-0.4, -0.2) is 71.9 Å². The predicted octanol–water partition coefficient (Wildman–Crippen LogP) is 2.93. The Hall–Kier alpha value is -4.38. The van der Waals surface area contributed by atoms with Crippen LogP contribution in [-0.2, 0) is 25.5 Å². The van der Waals surface area contributed by atoms with Gasteiger partial charge in [0.25, 0.3) is 0 Å². The summed E-state index contributed by atoms with van der Waals surface area (Å²) in [6, 6.07) is 13.5. The molecule has 1 atom stereocenters. The zero-order valence-corrected chi connectivity index (χ0v) is 25.8. The molecular weight excluding hydrogens is 627 g/mol. The maximum Gasteiger partial charge on any atom is 0.490 e. The number of nitrogens with zero attached hydrogens (tertiary/aromatic N) is 4. The normalized spacial score (nSPS) is 17.0. The van der Waals surface area contributed by atoms with Gasteiger partial charge in [-0.15, -0.1) is 0 Å². The molecule has 3 heterocycles. The fraction of sp³-hybridized carbons (Fsp3) is 0.467. The van der Waals surface area contributed by atoms with E-state index in [4.69, 9.17) is 31.1 Å². The van der Waals surface area contributed by atoms with E-state index in [1.807, 2.05) is 42.2 Å². The molecule has 16 heteroatoms. The van der Waals surface area contributed by atoms with Crippen LogP contribution in [0, 0.1) is 22.7 Å². The molecule has 2 fully saturated rings. The highest BCUT2D eigenvalue weighted by Crippen LogP contribution is 2.40. The zero-order valence-electron chi connectivity index (χ0n) is 25.0. The summed E-state index contributed by atoms with van der Waals surface area (Å²) in [6.07, 6.45) is -2.33. The quantitative estimate of drug-likeness (QED) is 0.302. The summed E-state index contributed by atoms with van der Waals surface area (Å²) in [5.74, 6) is -2.97. The molecular formula is C30H34F3N7O5S. The Labute approximate surface area is 267 Å². The van der Waals surface area contributed by atoms with Crippen LogP contribution in [0.15, 0.2) is 35.4 Å². The van der Waals surface area contributed by atoms with Crippen molar-refractivity contribution < 1.29 is 37.4 Å². The van der Waals surface area contributed by atoms with Gasteiger partial charge < -0.3 is 31.5 Å². The number of primary amides is 1. The van der Waals surface area contributed by atoms with Crippen LogP contribution in [0.5, 0.6) is 0 Å². The lowest BCUT2D eigenvalue weighted by Gasteiger charge is -2.37. The number of benzene rings is 1. The molecule has 2 saturated heterocycles. The van der Waals surface area contributed by atoms with Crippen molar-refractivity contribution in [2.45, 2.75) is 67.1 Å². The molecule has 0 spiro atoms. The number of pyridine rings is 1. The maximum atomic E-state index is 12.9. The van der Waals surface area contributed by atoms with Gasteiger partial charge >= 0.3 is 12.1 Å². The third-order valence-electron chi connectivity index (χ3n) is 7.63. The molecule has 2 aliphatic heterocycles. The first-order valence-electron chi connectivity index (χ1n) is 14.4. The molecule has 0 bridgehead atoms. The molecule has 2 aliphatic rings. The van der Waals surface area contributed by atoms with Gasteiger partial charge in [-0.25, -0.2) is 9.78 Å². The number of halogens is 3. The third kappa shape index (κ3) is 8.87. The van der Waals surface area contributed by atoms with Crippen molar-refractivity contribution >= 4 is 35.4 Å². The average molecular weight is 662 g/mol. The summed E-state index contributed by atoms with van der Waals surface area (Å²) in [5, 5.41) is 30.0. The van der Waals surface area contributed by atoms with Crippen molar-refractivity contribution in [2.24, 2.45) is 11.5 Å². The van der Waals surface area contributed by atoms with E-state index < -0.39 is 28.8 Å². The molecule has 0 radical (unpaired) electrons. The van der Waals surface area contributed by atoms with Gasteiger partial charge in [-0.05, 0) is 43.2 Å². The monoisotopic (exact) mass is 661 g/mol. The number of carboxylic acid groups (broad SMARTS) is 1. The lowest BCUT2D eigenvalue weighted by Crippen LogP contribution is -2.59. The number of nitriles is 2. The van der Waals surface area contributed by atoms with E-state index in [-0.39, 0.29) is 17.5 Å². The van der Waals surface area contributed by atoms with Crippen molar-refractivity contribution in [1.82, 2.24) is 10.3 Å². The first kappa shape index (κ1) is 36.1. The maximum absolute atomic E-state index is 12.9. The van der Waals surface area contributed by atoms with Crippen molar-refractivity contribution in [3.05, 3.63) is 52.6 Å². The number of anilines is 1. The van der Waals surface area contributed by atoms with Gasteiger partial charge in [0.1, 0.15) is 28.2 Å². The van der Waals surface area contributed by atoms with Gasteiger partial charge in [-0.3, -0.25) is 9.59 Å². The van der Waals surface area contributed by atoms with Gasteiger partial charge in [0.05, 0.1) is 16.7 Å². The topological polar surface area (TPSA) is 208 Å². The SMILES string of the molecule is CCc1c(C#N)c(SC(C(N)=O)c2ccccc2)nc(N2CCC(NC(=O)C3(N)CCOCC3)CC2)c1C#N.O=C(O)C(F)(F)F. The fourth-order valence-electron chi connectivity index (χ4n) is 5.05. The Bertz CT molecular complexity index is 1500. The lowest BCUT2D eigenvalue weighted by molar-refractivity contribution is -0.192. The van der Waals surface area contributed by atoms with Gasteiger partial charge in [0.2, 0.25) is 11.8 Å². The van der Waals surface area contributed by atoms with Crippen LogP contribution in [0.25, 0.3) is 0 Å². The number of carboxylic acids is 1. The Morgan fingerprint density at radius 1 is 1.15 bits per heavy atom. The van der Waals surface area contributed by atoms with Crippen molar-refractivity contribution in [3.8, 4) is 12.1 Å². The predicted molar refractivity (Wildman–Crippen MR) is 161 cm³/mol. The number of rotatable bonds is 8. The number of hydrogen-bond acceptors (Lipinski definition) is 10. The molecule has 1 aromatic carbocycles. The summed E-state index contributed by atoms with van der Waals surface area (Å²) < 4.78 is 37.1. The zero-order chi connectivity index (χ0) is 34.1. The first-order valence-corrected chi connectivity index (χ1v) is 15.2. The highest BCUT2D eigenvalue weighted by atomic mass is 32.2. The average Bonchev–Trinajstić information content (AvgIpc) is 3.03. The van der Waals surface area contributed by atoms with E-state index in [0.717, 1.165) is 11.8 Å². The van der Waals surface area contributed by atoms with Crippen molar-refractivity contribution in [3.63, 3.8) is 0 Å². The van der Waals surface area contributed by atoms with E-state index in [1.165, 1.54) is 0 Å². The minimum absolute atomic E-state index is 0.0437. The summed E-state index contributed by atoms with van der Waals surface area (Å²) in [4.78, 5) is 41.0. The van der Waals surface area contributed by atoms with E-state index >= 15 is 0 Å². The summed E-state index contributed by atoms with van der Waals surface area (Å²) in [6.45, 7) is 3.96. The minimum atomic E-state index is -5.08. The smallest absolute Gasteiger partial charge is 0.475 e. The number of carbonyl (C=O) groups is 3. The Morgan fingerprint density at radius 3 is 2.20 bits per heavy atom. The number of hydrogen-bond donors (Lipinski definition) is 4. The van der Waals surface area contributed by atoms with Crippen LogP contribution in [0.4, 0.5) is 19.0 Å². The summed E-state index contributed by atoms with van der Waals surface area (Å²) >= 11 is 1.13. The molecule has 2 amide bonds. The number of ether oxygens (including phenoxy) is 1. The fourth-order valence-corrected chi connectivity index (χ4v) is 6.11. The van der Waals surface area contributed by atoms with E-state index in [0.29, 0.717) is 85.9 Å². The molecule has 246 valence electrons. The molecule has 1 aromatic heterocycles. The van der Waals surface area contributed by atoms with E-state index in [1.54, 1.807) is 0 Å². The number of aliphatic carboxylic acids is 1. The lowest BCUT2D eigenvalue weighted by atomic mass is 9.89.